The van der Waals surface area contributed by atoms with Crippen LogP contribution < -0.4 is 11.1 Å². The van der Waals surface area contributed by atoms with Crippen LogP contribution in [0.2, 0.25) is 18.1 Å². The quantitative estimate of drug-likeness (QED) is 0.0362. The summed E-state index contributed by atoms with van der Waals surface area (Å²) in [6.45, 7) is 48.1. The number of alkyl carbamates (subject to hydrolysis) is 1. The van der Waals surface area contributed by atoms with Gasteiger partial charge in [0.2, 0.25) is 0 Å². The first-order valence-corrected chi connectivity index (χ1v) is 36.2. The lowest BCUT2D eigenvalue weighted by Crippen LogP contribution is -2.47. The van der Waals surface area contributed by atoms with Gasteiger partial charge >= 0.3 is 18.0 Å². The van der Waals surface area contributed by atoms with E-state index in [-0.39, 0.29) is 38.9 Å². The van der Waals surface area contributed by atoms with Crippen LogP contribution in [0.4, 0.5) is 4.79 Å². The van der Waals surface area contributed by atoms with E-state index in [9.17, 15) is 24.6 Å². The predicted octanol–water partition coefficient (Wildman–Crippen LogP) is 19.7. The van der Waals surface area contributed by atoms with E-state index < -0.39 is 44.0 Å². The van der Waals surface area contributed by atoms with E-state index in [1.807, 2.05) is 36.4 Å². The van der Waals surface area contributed by atoms with E-state index >= 15 is 0 Å². The molecule has 0 bridgehead atoms. The van der Waals surface area contributed by atoms with Gasteiger partial charge in [0.1, 0.15) is 11.6 Å². The molecule has 91 heavy (non-hydrogen) atoms. The maximum atomic E-state index is 12.6. The smallest absolute Gasteiger partial charge is 0.408 e. The maximum absolute atomic E-state index is 12.6. The molecule has 4 atom stereocenters. The van der Waals surface area contributed by atoms with Crippen LogP contribution in [0, 0.1) is 38.5 Å². The van der Waals surface area contributed by atoms with E-state index in [4.69, 9.17) is 19.6 Å². The van der Waals surface area contributed by atoms with Crippen molar-refractivity contribution < 1.29 is 38.5 Å². The topological polar surface area (TPSA) is 157 Å². The molecule has 0 radical (unpaired) electrons. The number of aliphatic carboxylic acids is 1. The molecule has 0 saturated heterocycles. The number of aliphatic hydroxyl groups excluding tert-OH is 1. The Hall–Kier alpha value is -6.37. The van der Waals surface area contributed by atoms with Crippen molar-refractivity contribution in [3.63, 3.8) is 0 Å². The molecule has 6 aromatic carbocycles. The fourth-order valence-corrected chi connectivity index (χ4v) is 14.0. The molecule has 0 aliphatic heterocycles. The van der Waals surface area contributed by atoms with Crippen LogP contribution in [-0.4, -0.2) is 61.5 Å². The lowest BCUT2D eigenvalue weighted by molar-refractivity contribution is -0.143. The third-order valence-electron chi connectivity index (χ3n) is 19.8. The molecule has 6 rings (SSSR count). The molecular formula is C80H114N2O8Si. The molecule has 0 fully saturated rings. The minimum absolute atomic E-state index is 0.0689. The van der Waals surface area contributed by atoms with Gasteiger partial charge in [-0.15, -0.1) is 0 Å². The first kappa shape index (κ1) is 75.3. The largest absolute Gasteiger partial charge is 0.480 e. The summed E-state index contributed by atoms with van der Waals surface area (Å²) in [7, 11) is -0.593. The van der Waals surface area contributed by atoms with Gasteiger partial charge in [0.05, 0.1) is 19.3 Å². The van der Waals surface area contributed by atoms with Crippen molar-refractivity contribution in [3.05, 3.63) is 188 Å². The van der Waals surface area contributed by atoms with Gasteiger partial charge in [-0.05, 0) is 218 Å². The number of rotatable bonds is 23. The highest BCUT2D eigenvalue weighted by Crippen LogP contribution is 2.45. The molecule has 0 spiro atoms. The molecule has 0 heterocycles. The number of benzene rings is 6. The van der Waals surface area contributed by atoms with Crippen molar-refractivity contribution in [3.8, 4) is 22.3 Å². The SMILES string of the molecule is CCC(CC)(c1ccc(CCC(O)C(C)(C)C)c(C)c1)c1ccc(-c2ccc([C@H](N)C(=O)O)cc2)c(C)c1.CCC(CC)(c1ccc(CCC(O[Si](C)(C)C(C)(C)C)C(C)(C)C)c(C)c1)c1ccc(-c2ccc([C@H](NC(=O)OC(C)(C)C)C(=O)OC)cc2)c(C)c1. The highest BCUT2D eigenvalue weighted by molar-refractivity contribution is 6.74. The number of carbonyl (C=O) groups excluding carboxylic acids is 2. The van der Waals surface area contributed by atoms with Crippen LogP contribution in [0.5, 0.6) is 0 Å². The van der Waals surface area contributed by atoms with Crippen molar-refractivity contribution in [2.24, 2.45) is 16.6 Å². The highest BCUT2D eigenvalue weighted by atomic mass is 28.4. The number of amides is 1. The molecule has 496 valence electrons. The Morgan fingerprint density at radius 1 is 0.538 bits per heavy atom. The Morgan fingerprint density at radius 2 is 0.923 bits per heavy atom. The third-order valence-corrected chi connectivity index (χ3v) is 24.3. The zero-order chi connectivity index (χ0) is 68.4. The average molecular weight is 1260 g/mol. The Kier molecular flexibility index (Phi) is 25.3. The van der Waals surface area contributed by atoms with Gasteiger partial charge < -0.3 is 35.2 Å². The predicted molar refractivity (Wildman–Crippen MR) is 381 cm³/mol. The molecule has 0 aromatic heterocycles. The zero-order valence-corrected chi connectivity index (χ0v) is 60.9. The number of carboxylic acid groups (broad SMARTS) is 1. The van der Waals surface area contributed by atoms with Crippen molar-refractivity contribution in [2.45, 2.75) is 249 Å². The minimum Gasteiger partial charge on any atom is -0.480 e. The Bertz CT molecular complexity index is 3400. The van der Waals surface area contributed by atoms with Crippen LogP contribution >= 0.6 is 0 Å². The second-order valence-electron chi connectivity index (χ2n) is 30.3. The molecule has 0 aliphatic carbocycles. The van der Waals surface area contributed by atoms with E-state index in [0.29, 0.717) is 11.1 Å². The average Bonchev–Trinajstić information content (AvgIpc) is 0.813. The van der Waals surface area contributed by atoms with Gasteiger partial charge in [-0.2, -0.15) is 0 Å². The third kappa shape index (κ3) is 18.7. The van der Waals surface area contributed by atoms with Gasteiger partial charge in [0.25, 0.3) is 0 Å². The molecule has 5 N–H and O–H groups in total. The van der Waals surface area contributed by atoms with Gasteiger partial charge in [0.15, 0.2) is 14.4 Å². The monoisotopic (exact) mass is 1260 g/mol. The highest BCUT2D eigenvalue weighted by Gasteiger charge is 2.42. The van der Waals surface area contributed by atoms with Crippen molar-refractivity contribution in [1.29, 1.82) is 0 Å². The molecule has 2 unspecified atom stereocenters. The fourth-order valence-electron chi connectivity index (χ4n) is 12.5. The lowest BCUT2D eigenvalue weighted by Gasteiger charge is -2.43. The number of methoxy groups -OCH3 is 1. The van der Waals surface area contributed by atoms with Crippen molar-refractivity contribution >= 4 is 26.3 Å². The van der Waals surface area contributed by atoms with Gasteiger partial charge in [-0.25, -0.2) is 9.59 Å². The maximum Gasteiger partial charge on any atom is 0.408 e. The van der Waals surface area contributed by atoms with E-state index in [2.05, 4.69) is 209 Å². The second kappa shape index (κ2) is 30.6. The van der Waals surface area contributed by atoms with Crippen LogP contribution in [-0.2, 0) is 47.2 Å². The summed E-state index contributed by atoms with van der Waals surface area (Å²) >= 11 is 0. The molecule has 10 nitrogen and oxygen atoms in total. The molecule has 1 amide bonds. The number of nitrogens with two attached hydrogens (primary N) is 1. The summed E-state index contributed by atoms with van der Waals surface area (Å²) in [5.74, 6) is -1.59. The number of esters is 1. The summed E-state index contributed by atoms with van der Waals surface area (Å²) in [4.78, 5) is 36.4. The van der Waals surface area contributed by atoms with Crippen LogP contribution in [0.25, 0.3) is 22.3 Å². The fraction of sp³-hybridized carbons (Fsp3) is 0.512. The van der Waals surface area contributed by atoms with E-state index in [1.54, 1.807) is 32.9 Å². The molecule has 0 saturated carbocycles. The number of ether oxygens (including phenoxy) is 2. The number of carbonyl (C=O) groups is 3. The molecular weight excluding hydrogens is 1140 g/mol. The zero-order valence-electron chi connectivity index (χ0n) is 59.9. The minimum atomic E-state index is -1.90. The number of nitrogens with one attached hydrogen (secondary N) is 1. The molecule has 6 aromatic rings. The summed E-state index contributed by atoms with van der Waals surface area (Å²) in [5, 5.41) is 22.5. The summed E-state index contributed by atoms with van der Waals surface area (Å²) in [6.07, 6.45) is 6.81. The number of hydrogen-bond donors (Lipinski definition) is 4. The Balaban J connectivity index is 0.000000349. The van der Waals surface area contributed by atoms with Gasteiger partial charge in [-0.1, -0.05) is 211 Å². The first-order chi connectivity index (χ1) is 42.2. The number of carboxylic acids is 1. The van der Waals surface area contributed by atoms with Gasteiger partial charge in [0, 0.05) is 10.8 Å². The van der Waals surface area contributed by atoms with Crippen LogP contribution in [0.15, 0.2) is 121 Å². The van der Waals surface area contributed by atoms with Crippen molar-refractivity contribution in [1.82, 2.24) is 5.32 Å². The summed E-state index contributed by atoms with van der Waals surface area (Å²) < 4.78 is 17.4. The van der Waals surface area contributed by atoms with Crippen LogP contribution in [0.3, 0.4) is 0 Å². The number of aryl methyl sites for hydroxylation is 6. The number of hydrogen-bond acceptors (Lipinski definition) is 8. The van der Waals surface area contributed by atoms with Crippen molar-refractivity contribution in [2.75, 3.05) is 7.11 Å². The number of aliphatic hydroxyl groups is 1. The first-order valence-electron chi connectivity index (χ1n) is 33.3. The van der Waals surface area contributed by atoms with Gasteiger partial charge in [-0.3, -0.25) is 4.79 Å². The lowest BCUT2D eigenvalue weighted by atomic mass is 9.69. The normalized spacial score (nSPS) is 13.9. The molecule has 0 aliphatic rings. The Labute approximate surface area is 550 Å². The summed E-state index contributed by atoms with van der Waals surface area (Å²) in [6, 6.07) is 40.8. The molecule has 11 heteroatoms. The standard InChI is InChI=1S/C46H69NO5Si.C34H45NO3/c1-17-46(18-2,36-25-23-33(31(3)29-36)24-28-39(43(5,6)7)52-53(15,16)45(11,12)13)37-26-27-38(32(4)30-37)34-19-21-35(22-20-34)40(41(48)50-14)47-42(49)51-44(8,9)10;1-8-34(9-2,27-16-14-24(22(3)20-27)15-19-30(36)33(5,6)7)28-17-18-29(23(4)21-28)25-10-12-26(13-11-25)31(35)32(37)38/h19-23,25-27,29-30,39-40H,17-18,24,28H2,1-16H3,(H,47,49);10-14,16-18,20-21,30-31,36H,8-9,15,19,35H2,1-7H3,(H,37,38)/t39?,40-;30?,31-/m00/s1. The summed E-state index contributed by atoms with van der Waals surface area (Å²) in [5.41, 5.74) is 23.4. The van der Waals surface area contributed by atoms with E-state index in [0.717, 1.165) is 73.6 Å². The van der Waals surface area contributed by atoms with Crippen LogP contribution in [0.1, 0.15) is 228 Å². The van der Waals surface area contributed by atoms with E-state index in [1.165, 1.54) is 62.7 Å². The Morgan fingerprint density at radius 3 is 1.25 bits per heavy atom. The second-order valence-corrected chi connectivity index (χ2v) is 35.0.